The average Bonchev–Trinajstić information content (AvgIpc) is 2.68. The molecule has 0 bridgehead atoms. The van der Waals surface area contributed by atoms with Gasteiger partial charge in [-0.15, -0.1) is 0 Å². The van der Waals surface area contributed by atoms with E-state index in [9.17, 15) is 13.2 Å². The van der Waals surface area contributed by atoms with Crippen LogP contribution in [0.3, 0.4) is 0 Å². The van der Waals surface area contributed by atoms with Crippen LogP contribution in [0, 0.1) is 0 Å². The van der Waals surface area contributed by atoms with Gasteiger partial charge >= 0.3 is 0 Å². The summed E-state index contributed by atoms with van der Waals surface area (Å²) in [4.78, 5) is 14.1. The molecule has 22 heavy (non-hydrogen) atoms. The van der Waals surface area contributed by atoms with Crippen LogP contribution in [-0.2, 0) is 21.2 Å². The second-order valence-electron chi connectivity index (χ2n) is 5.32. The van der Waals surface area contributed by atoms with E-state index in [0.29, 0.717) is 42.6 Å². The molecule has 1 heterocycles. The van der Waals surface area contributed by atoms with E-state index in [1.54, 1.807) is 23.1 Å². The lowest BCUT2D eigenvalue weighted by Crippen LogP contribution is -2.37. The monoisotopic (exact) mass is 364 g/mol. The van der Waals surface area contributed by atoms with Crippen LogP contribution in [0.4, 0.5) is 0 Å². The van der Waals surface area contributed by atoms with Gasteiger partial charge in [-0.3, -0.25) is 4.79 Å². The second-order valence-corrected chi connectivity index (χ2v) is 8.12. The fraction of sp³-hybridized carbons (Fsp3) is 0.500. The first-order valence-corrected chi connectivity index (χ1v) is 9.54. The van der Waals surface area contributed by atoms with Gasteiger partial charge in [0.15, 0.2) is 0 Å². The van der Waals surface area contributed by atoms with Gasteiger partial charge in [0.05, 0.1) is 22.7 Å². The van der Waals surface area contributed by atoms with Gasteiger partial charge in [-0.25, -0.2) is 12.7 Å². The molecule has 2 rings (SSSR count). The second kappa shape index (κ2) is 7.17. The molecule has 0 N–H and O–H groups in total. The van der Waals surface area contributed by atoms with Crippen molar-refractivity contribution in [3.05, 3.63) is 33.8 Å². The highest BCUT2D eigenvalue weighted by atomic mass is 35.5. The first-order valence-electron chi connectivity index (χ1n) is 6.94. The van der Waals surface area contributed by atoms with Crippen molar-refractivity contribution < 1.29 is 13.2 Å². The van der Waals surface area contributed by atoms with Gasteiger partial charge < -0.3 is 4.90 Å². The van der Waals surface area contributed by atoms with Crippen LogP contribution < -0.4 is 0 Å². The van der Waals surface area contributed by atoms with Gasteiger partial charge in [-0.1, -0.05) is 29.3 Å². The highest BCUT2D eigenvalue weighted by Crippen LogP contribution is 2.23. The molecule has 0 spiro atoms. The third-order valence-corrected chi connectivity index (χ3v) is 5.66. The number of nitrogens with zero attached hydrogens (tertiary/aromatic N) is 2. The highest BCUT2D eigenvalue weighted by Gasteiger charge is 2.23. The summed E-state index contributed by atoms with van der Waals surface area (Å²) >= 11 is 11.8. The summed E-state index contributed by atoms with van der Waals surface area (Å²) in [7, 11) is -3.20. The molecule has 1 saturated heterocycles. The zero-order chi connectivity index (χ0) is 16.3. The molecule has 1 fully saturated rings. The zero-order valence-electron chi connectivity index (χ0n) is 12.3. The minimum atomic E-state index is -3.20. The van der Waals surface area contributed by atoms with E-state index in [1.165, 1.54) is 10.6 Å². The smallest absolute Gasteiger partial charge is 0.227 e. The molecule has 8 heteroatoms. The Morgan fingerprint density at radius 3 is 2.50 bits per heavy atom. The molecule has 5 nitrogen and oxygen atoms in total. The molecule has 1 aromatic carbocycles. The maximum atomic E-state index is 12.4. The Morgan fingerprint density at radius 2 is 1.86 bits per heavy atom. The molecular weight excluding hydrogens is 347 g/mol. The standard InChI is InChI=1S/C14H18Cl2N2O3S/c1-22(20,21)18-6-2-5-17(7-8-18)14(19)10-11-3-4-12(15)13(16)9-11/h3-4,9H,2,5-8,10H2,1H3. The number of amides is 1. The summed E-state index contributed by atoms with van der Waals surface area (Å²) in [6.07, 6.45) is 2.07. The van der Waals surface area contributed by atoms with E-state index in [1.807, 2.05) is 0 Å². The minimum absolute atomic E-state index is 0.0336. The number of halogens is 2. The molecule has 1 aromatic rings. The normalized spacial score (nSPS) is 17.3. The molecule has 0 radical (unpaired) electrons. The lowest BCUT2D eigenvalue weighted by molar-refractivity contribution is -0.130. The van der Waals surface area contributed by atoms with Crippen LogP contribution in [0.5, 0.6) is 0 Å². The Kier molecular flexibility index (Phi) is 5.71. The first-order chi connectivity index (χ1) is 10.3. The topological polar surface area (TPSA) is 57.7 Å². The Balaban J connectivity index is 1.99. The van der Waals surface area contributed by atoms with Crippen LogP contribution in [0.1, 0.15) is 12.0 Å². The van der Waals surface area contributed by atoms with Crippen molar-refractivity contribution in [1.29, 1.82) is 0 Å². The quantitative estimate of drug-likeness (QED) is 0.824. The van der Waals surface area contributed by atoms with Crippen molar-refractivity contribution in [1.82, 2.24) is 9.21 Å². The van der Waals surface area contributed by atoms with Crippen LogP contribution in [0.2, 0.25) is 10.0 Å². The Hall–Kier alpha value is -0.820. The third kappa shape index (κ3) is 4.59. The van der Waals surface area contributed by atoms with Crippen LogP contribution in [0.25, 0.3) is 0 Å². The van der Waals surface area contributed by atoms with E-state index >= 15 is 0 Å². The first kappa shape index (κ1) is 17.5. The molecular formula is C14H18Cl2N2O3S. The highest BCUT2D eigenvalue weighted by molar-refractivity contribution is 7.88. The van der Waals surface area contributed by atoms with Crippen molar-refractivity contribution in [2.75, 3.05) is 32.4 Å². The summed E-state index contributed by atoms with van der Waals surface area (Å²) in [5.41, 5.74) is 0.795. The van der Waals surface area contributed by atoms with Gasteiger partial charge in [0.25, 0.3) is 0 Å². The number of hydrogen-bond acceptors (Lipinski definition) is 3. The lowest BCUT2D eigenvalue weighted by Gasteiger charge is -2.21. The summed E-state index contributed by atoms with van der Waals surface area (Å²) in [5.74, 6) is -0.0336. The maximum Gasteiger partial charge on any atom is 0.227 e. The van der Waals surface area contributed by atoms with Crippen molar-refractivity contribution in [2.24, 2.45) is 0 Å². The van der Waals surface area contributed by atoms with E-state index in [2.05, 4.69) is 0 Å². The number of benzene rings is 1. The van der Waals surface area contributed by atoms with E-state index in [4.69, 9.17) is 23.2 Å². The molecule has 1 amide bonds. The zero-order valence-corrected chi connectivity index (χ0v) is 14.6. The van der Waals surface area contributed by atoms with Crippen LogP contribution in [0.15, 0.2) is 18.2 Å². The van der Waals surface area contributed by atoms with Crippen LogP contribution >= 0.6 is 23.2 Å². The number of hydrogen-bond donors (Lipinski definition) is 0. The minimum Gasteiger partial charge on any atom is -0.341 e. The number of rotatable bonds is 3. The number of carbonyl (C=O) groups excluding carboxylic acids is 1. The Labute approximate surface area is 140 Å². The van der Waals surface area contributed by atoms with Crippen molar-refractivity contribution in [3.8, 4) is 0 Å². The summed E-state index contributed by atoms with van der Waals surface area (Å²) in [5, 5.41) is 0.877. The van der Waals surface area contributed by atoms with E-state index in [0.717, 1.165) is 5.56 Å². The average molecular weight is 365 g/mol. The van der Waals surface area contributed by atoms with Gasteiger partial charge in [0, 0.05) is 26.2 Å². The largest absolute Gasteiger partial charge is 0.341 e. The number of carbonyl (C=O) groups is 1. The summed E-state index contributed by atoms with van der Waals surface area (Å²) in [6.45, 7) is 1.76. The summed E-state index contributed by atoms with van der Waals surface area (Å²) < 4.78 is 24.6. The van der Waals surface area contributed by atoms with E-state index < -0.39 is 10.0 Å². The Morgan fingerprint density at radius 1 is 1.14 bits per heavy atom. The van der Waals surface area contributed by atoms with Crippen molar-refractivity contribution >= 4 is 39.1 Å². The summed E-state index contributed by atoms with van der Waals surface area (Å²) in [6, 6.07) is 5.12. The predicted molar refractivity (Wildman–Crippen MR) is 87.8 cm³/mol. The van der Waals surface area contributed by atoms with Crippen molar-refractivity contribution in [3.63, 3.8) is 0 Å². The maximum absolute atomic E-state index is 12.4. The Bertz CT molecular complexity index is 664. The molecule has 0 atom stereocenters. The predicted octanol–water partition coefficient (Wildman–Crippen LogP) is 2.03. The molecule has 0 aromatic heterocycles. The molecule has 1 aliphatic heterocycles. The van der Waals surface area contributed by atoms with Gasteiger partial charge in [0.1, 0.15) is 0 Å². The van der Waals surface area contributed by atoms with Crippen molar-refractivity contribution in [2.45, 2.75) is 12.8 Å². The van der Waals surface area contributed by atoms with E-state index in [-0.39, 0.29) is 12.3 Å². The van der Waals surface area contributed by atoms with Gasteiger partial charge in [-0.05, 0) is 24.1 Å². The lowest BCUT2D eigenvalue weighted by atomic mass is 10.1. The fourth-order valence-electron chi connectivity index (χ4n) is 2.41. The molecule has 0 unspecified atom stereocenters. The number of sulfonamides is 1. The van der Waals surface area contributed by atoms with Crippen LogP contribution in [-0.4, -0.2) is 56.0 Å². The molecule has 0 saturated carbocycles. The third-order valence-electron chi connectivity index (χ3n) is 3.62. The fourth-order valence-corrected chi connectivity index (χ4v) is 3.61. The molecule has 122 valence electrons. The van der Waals surface area contributed by atoms with Gasteiger partial charge in [-0.2, -0.15) is 0 Å². The molecule has 1 aliphatic rings. The molecule has 0 aliphatic carbocycles. The SMILES string of the molecule is CS(=O)(=O)N1CCCN(C(=O)Cc2ccc(Cl)c(Cl)c2)CC1. The van der Waals surface area contributed by atoms with Gasteiger partial charge in [0.2, 0.25) is 15.9 Å².